The van der Waals surface area contributed by atoms with Crippen LogP contribution in [0.4, 0.5) is 0 Å². The van der Waals surface area contributed by atoms with Crippen molar-refractivity contribution in [3.05, 3.63) is 108 Å². The highest BCUT2D eigenvalue weighted by Crippen LogP contribution is 2.12. The van der Waals surface area contributed by atoms with Crippen LogP contribution in [0.3, 0.4) is 0 Å². The lowest BCUT2D eigenvalue weighted by molar-refractivity contribution is -0.142. The molecule has 80 heavy (non-hydrogen) atoms. The van der Waals surface area contributed by atoms with E-state index in [1.165, 1.54) is 6.92 Å². The number of nitrogens with one attached hydrogen (secondary N) is 9. The van der Waals surface area contributed by atoms with Gasteiger partial charge in [0.2, 0.25) is 53.2 Å². The molecule has 0 aromatic heterocycles. The molecule has 3 rings (SSSR count). The molecule has 9 unspecified atom stereocenters. The minimum atomic E-state index is -1.64. The summed E-state index contributed by atoms with van der Waals surface area (Å²) < 4.78 is 0. The molecule has 3 aromatic rings. The SMILES string of the molecule is CC(C)C(NC(=O)C(Cc1ccccc1)NC(=O)C(Cc1ccccc1)NC(=O)CNC(=O)C(CO)NC(=O)CNC(=O)C(CCCCN)NC(=O)C(NC(=O)C(N)CCCCN)C(C)O)C(=O)NC(Cc1ccccc1)C(=O)O. The normalized spacial score (nSPS) is 14.4. The number of carbonyl (C=O) groups is 10. The maximum atomic E-state index is 14.3. The molecule has 18 N–H and O–H groups in total. The molecule has 438 valence electrons. The summed E-state index contributed by atoms with van der Waals surface area (Å²) >= 11 is 0. The zero-order valence-corrected chi connectivity index (χ0v) is 45.5. The van der Waals surface area contributed by atoms with Gasteiger partial charge in [-0.05, 0) is 74.7 Å². The number of amides is 9. The average Bonchev–Trinajstić information content (AvgIpc) is 3.45. The van der Waals surface area contributed by atoms with Crippen molar-refractivity contribution in [2.24, 2.45) is 23.1 Å². The maximum Gasteiger partial charge on any atom is 0.326 e. The predicted octanol–water partition coefficient (Wildman–Crippen LogP) is -2.96. The van der Waals surface area contributed by atoms with E-state index in [1.54, 1.807) is 105 Å². The molecule has 0 bridgehead atoms. The van der Waals surface area contributed by atoms with Gasteiger partial charge in [0.15, 0.2) is 0 Å². The molecule has 3 aromatic carbocycles. The van der Waals surface area contributed by atoms with Gasteiger partial charge in [0.05, 0.1) is 31.8 Å². The number of carbonyl (C=O) groups excluding carboxylic acids is 9. The highest BCUT2D eigenvalue weighted by molar-refractivity contribution is 5.97. The smallest absolute Gasteiger partial charge is 0.326 e. The molecular weight excluding hydrogens is 1040 g/mol. The molecule has 0 spiro atoms. The van der Waals surface area contributed by atoms with Crippen LogP contribution < -0.4 is 65.1 Å². The second-order valence-electron chi connectivity index (χ2n) is 19.6. The maximum absolute atomic E-state index is 14.3. The molecule has 0 saturated heterocycles. The van der Waals surface area contributed by atoms with E-state index in [0.29, 0.717) is 48.9 Å². The van der Waals surface area contributed by atoms with Crippen LogP contribution in [0.2, 0.25) is 0 Å². The Balaban J connectivity index is 1.70. The van der Waals surface area contributed by atoms with Crippen molar-refractivity contribution in [2.45, 2.75) is 133 Å². The number of hydrogen-bond acceptors (Lipinski definition) is 15. The molecule has 25 nitrogen and oxygen atoms in total. The summed E-state index contributed by atoms with van der Waals surface area (Å²) in [6, 6.07) is 15.2. The minimum Gasteiger partial charge on any atom is -0.480 e. The fraction of sp³-hybridized carbons (Fsp3) is 0.491. The molecule has 0 radical (unpaired) electrons. The Kier molecular flexibility index (Phi) is 29.6. The van der Waals surface area contributed by atoms with Crippen LogP contribution in [0.1, 0.15) is 76.0 Å². The first-order chi connectivity index (χ1) is 38.2. The van der Waals surface area contributed by atoms with Crippen LogP contribution in [0.5, 0.6) is 0 Å². The fourth-order valence-corrected chi connectivity index (χ4v) is 8.08. The third kappa shape index (κ3) is 24.0. The highest BCUT2D eigenvalue weighted by Gasteiger charge is 2.35. The van der Waals surface area contributed by atoms with E-state index in [2.05, 4.69) is 47.9 Å². The van der Waals surface area contributed by atoms with E-state index in [0.717, 1.165) is 0 Å². The van der Waals surface area contributed by atoms with E-state index >= 15 is 0 Å². The molecule has 0 saturated carbocycles. The van der Waals surface area contributed by atoms with E-state index in [4.69, 9.17) is 17.2 Å². The lowest BCUT2D eigenvalue weighted by Crippen LogP contribution is -2.60. The van der Waals surface area contributed by atoms with E-state index in [1.807, 2.05) is 0 Å². The Morgan fingerprint density at radius 2 is 0.838 bits per heavy atom. The molecule has 0 aliphatic rings. The third-order valence-corrected chi connectivity index (χ3v) is 12.6. The van der Waals surface area contributed by atoms with Crippen molar-refractivity contribution in [1.82, 2.24) is 47.9 Å². The molecule has 0 aliphatic carbocycles. The van der Waals surface area contributed by atoms with Gasteiger partial charge in [0.25, 0.3) is 0 Å². The number of carboxylic acid groups (broad SMARTS) is 1. The monoisotopic (exact) mass is 1120 g/mol. The van der Waals surface area contributed by atoms with Gasteiger partial charge in [-0.2, -0.15) is 0 Å². The van der Waals surface area contributed by atoms with Crippen LogP contribution >= 0.6 is 0 Å². The quantitative estimate of drug-likeness (QED) is 0.0259. The van der Waals surface area contributed by atoms with Crippen molar-refractivity contribution >= 4 is 59.1 Å². The van der Waals surface area contributed by atoms with Crippen molar-refractivity contribution in [2.75, 3.05) is 32.8 Å². The highest BCUT2D eigenvalue weighted by atomic mass is 16.4. The Bertz CT molecular complexity index is 2470. The summed E-state index contributed by atoms with van der Waals surface area (Å²) in [5.74, 6) is -9.52. The Morgan fingerprint density at radius 3 is 1.29 bits per heavy atom. The van der Waals surface area contributed by atoms with Gasteiger partial charge < -0.3 is 80.4 Å². The summed E-state index contributed by atoms with van der Waals surface area (Å²) in [6.45, 7) is 2.78. The van der Waals surface area contributed by atoms with Gasteiger partial charge in [-0.15, -0.1) is 0 Å². The van der Waals surface area contributed by atoms with Gasteiger partial charge >= 0.3 is 5.97 Å². The fourth-order valence-electron chi connectivity index (χ4n) is 8.08. The number of unbranched alkanes of at least 4 members (excludes halogenated alkanes) is 2. The van der Waals surface area contributed by atoms with E-state index < -0.39 is 139 Å². The van der Waals surface area contributed by atoms with Crippen molar-refractivity contribution in [3.8, 4) is 0 Å². The van der Waals surface area contributed by atoms with E-state index in [9.17, 15) is 63.3 Å². The lowest BCUT2D eigenvalue weighted by Gasteiger charge is -2.28. The van der Waals surface area contributed by atoms with Crippen LogP contribution in [0.25, 0.3) is 0 Å². The number of nitrogens with two attached hydrogens (primary N) is 3. The standard InChI is InChI=1S/C55H80N12O13/c1-33(2)46(53(77)65-42(55(79)80)29-37-21-11-6-12-22-37)66-52(76)41(28-36-19-9-5-10-20-36)64-51(75)40(27-35-17-7-4-8-18-35)61-44(70)30-60-50(74)43(32-68)62-45(71)31-59-49(73)39(24-14-16-26-57)63-54(78)47(34(3)69)67-48(72)38(58)23-13-15-25-56/h4-12,17-22,33-34,38-43,46-47,68-69H,13-16,23-32,56-58H2,1-3H3,(H,59,73)(H,60,74)(H,61,70)(H,62,71)(H,63,78)(H,64,75)(H,65,77)(H,66,76)(H,67,72)(H,79,80). The van der Waals surface area contributed by atoms with Gasteiger partial charge in [-0.25, -0.2) is 4.79 Å². The predicted molar refractivity (Wildman–Crippen MR) is 295 cm³/mol. The zero-order chi connectivity index (χ0) is 59.1. The topological polar surface area (TPSA) is 418 Å². The molecule has 9 amide bonds. The van der Waals surface area contributed by atoms with Gasteiger partial charge in [-0.3, -0.25) is 43.2 Å². The number of rotatable bonds is 36. The molecule has 0 fully saturated rings. The summed E-state index contributed by atoms with van der Waals surface area (Å²) in [5, 5.41) is 52.7. The first-order valence-corrected chi connectivity index (χ1v) is 26.6. The third-order valence-electron chi connectivity index (χ3n) is 12.6. The van der Waals surface area contributed by atoms with Crippen LogP contribution in [-0.2, 0) is 67.2 Å². The van der Waals surface area contributed by atoms with Crippen molar-refractivity contribution in [3.63, 3.8) is 0 Å². The number of aliphatic hydroxyl groups excluding tert-OH is 2. The molecule has 0 heterocycles. The van der Waals surface area contributed by atoms with Gasteiger partial charge in [0, 0.05) is 19.3 Å². The Morgan fingerprint density at radius 1 is 0.450 bits per heavy atom. The van der Waals surface area contributed by atoms with Gasteiger partial charge in [0.1, 0.15) is 42.3 Å². The van der Waals surface area contributed by atoms with Crippen LogP contribution in [0.15, 0.2) is 91.0 Å². The lowest BCUT2D eigenvalue weighted by atomic mass is 9.99. The molecule has 9 atom stereocenters. The molecular formula is C55H80N12O13. The van der Waals surface area contributed by atoms with E-state index in [-0.39, 0.29) is 38.6 Å². The van der Waals surface area contributed by atoms with Crippen LogP contribution in [0, 0.1) is 5.92 Å². The minimum absolute atomic E-state index is 0.0268. The molecule has 25 heteroatoms. The van der Waals surface area contributed by atoms with Crippen molar-refractivity contribution < 1.29 is 63.3 Å². The first-order valence-electron chi connectivity index (χ1n) is 26.6. The zero-order valence-electron chi connectivity index (χ0n) is 45.5. The second-order valence-corrected chi connectivity index (χ2v) is 19.6. The Labute approximate surface area is 465 Å². The summed E-state index contributed by atoms with van der Waals surface area (Å²) in [4.78, 5) is 134. The number of carboxylic acids is 1. The largest absolute Gasteiger partial charge is 0.480 e. The number of hydrogen-bond donors (Lipinski definition) is 15. The van der Waals surface area contributed by atoms with Crippen molar-refractivity contribution in [1.29, 1.82) is 0 Å². The van der Waals surface area contributed by atoms with Gasteiger partial charge in [-0.1, -0.05) is 111 Å². The summed E-state index contributed by atoms with van der Waals surface area (Å²) in [6.07, 6.45) is 0.734. The summed E-state index contributed by atoms with van der Waals surface area (Å²) in [7, 11) is 0. The number of benzene rings is 3. The average molecular weight is 1120 g/mol. The summed E-state index contributed by atoms with van der Waals surface area (Å²) in [5.41, 5.74) is 19.0. The first kappa shape index (κ1) is 66.4. The number of aliphatic hydroxyl groups is 2. The molecule has 0 aliphatic heterocycles. The number of aliphatic carboxylic acids is 1. The Hall–Kier alpha value is -7.84. The van der Waals surface area contributed by atoms with Crippen LogP contribution in [-0.4, -0.2) is 162 Å². The second kappa shape index (κ2) is 35.6.